The monoisotopic (exact) mass is 396 g/mol. The van der Waals surface area contributed by atoms with Crippen LogP contribution in [0.1, 0.15) is 0 Å². The van der Waals surface area contributed by atoms with E-state index in [2.05, 4.69) is 24.5 Å². The predicted octanol–water partition coefficient (Wildman–Crippen LogP) is -0.438. The Kier molecular flexibility index (Phi) is 5.95. The summed E-state index contributed by atoms with van der Waals surface area (Å²) in [5.74, 6) is 2.11. The third-order valence-electron chi connectivity index (χ3n) is 4.52. The molecule has 1 aliphatic heterocycles. The molecule has 1 saturated heterocycles. The maximum atomic E-state index is 10.9. The van der Waals surface area contributed by atoms with Crippen LogP contribution in [0.15, 0.2) is 18.5 Å². The average Bonchev–Trinajstić information content (AvgIpc) is 2.66. The third-order valence-corrected chi connectivity index (χ3v) is 5.13. The predicted molar refractivity (Wildman–Crippen MR) is 102 cm³/mol. The van der Waals surface area contributed by atoms with E-state index >= 15 is 0 Å². The topological polar surface area (TPSA) is 123 Å². The molecule has 2 aromatic rings. The van der Waals surface area contributed by atoms with Crippen molar-refractivity contribution in [2.45, 2.75) is 0 Å². The quantitative estimate of drug-likeness (QED) is 0.646. The first-order valence-corrected chi connectivity index (χ1v) is 10.1. The minimum atomic E-state index is -3.64. The summed E-state index contributed by atoms with van der Waals surface area (Å²) in [5.41, 5.74) is 0.789. The summed E-state index contributed by atoms with van der Waals surface area (Å²) < 4.78 is 34.9. The Morgan fingerprint density at radius 1 is 1.11 bits per heavy atom. The van der Waals surface area contributed by atoms with Crippen LogP contribution in [-0.2, 0) is 10.2 Å². The first kappa shape index (κ1) is 19.5. The molecule has 0 unspecified atom stereocenters. The Labute approximate surface area is 158 Å². The molecule has 0 saturated carbocycles. The fourth-order valence-electron chi connectivity index (χ4n) is 3.15. The number of methoxy groups -OCH3 is 2. The van der Waals surface area contributed by atoms with E-state index in [9.17, 15) is 8.42 Å². The van der Waals surface area contributed by atoms with E-state index in [0.717, 1.165) is 42.9 Å². The first-order valence-electron chi connectivity index (χ1n) is 8.52. The fraction of sp³-hybridized carbons (Fsp3) is 0.500. The van der Waals surface area contributed by atoms with Crippen molar-refractivity contribution in [2.24, 2.45) is 5.14 Å². The molecule has 11 heteroatoms. The molecule has 3 rings (SSSR count). The van der Waals surface area contributed by atoms with Crippen molar-refractivity contribution >= 4 is 26.9 Å². The van der Waals surface area contributed by atoms with Crippen LogP contribution < -0.4 is 24.2 Å². The van der Waals surface area contributed by atoms with Crippen molar-refractivity contribution in [1.82, 2.24) is 19.6 Å². The van der Waals surface area contributed by atoms with Crippen LogP contribution in [0.4, 0.5) is 5.82 Å². The number of nitrogens with zero attached hydrogens (tertiary/aromatic N) is 4. The summed E-state index contributed by atoms with van der Waals surface area (Å²) in [6.07, 6.45) is 1.55. The molecular formula is C16H24N6O4S. The summed E-state index contributed by atoms with van der Waals surface area (Å²) in [6, 6.07) is 3.74. The van der Waals surface area contributed by atoms with Gasteiger partial charge in [0.2, 0.25) is 0 Å². The molecule has 27 heavy (non-hydrogen) atoms. The SMILES string of the molecule is COc1cc2ncnc(N3CCN(CCNS(N)(=O)=O)CC3)c2cc1OC. The number of nitrogens with one attached hydrogen (secondary N) is 1. The molecule has 0 bridgehead atoms. The molecule has 148 valence electrons. The number of hydrogen-bond acceptors (Lipinski definition) is 8. The molecular weight excluding hydrogens is 372 g/mol. The van der Waals surface area contributed by atoms with Crippen LogP contribution in [0.25, 0.3) is 10.9 Å². The van der Waals surface area contributed by atoms with Gasteiger partial charge in [0.05, 0.1) is 19.7 Å². The van der Waals surface area contributed by atoms with E-state index in [-0.39, 0.29) is 0 Å². The van der Waals surface area contributed by atoms with Crippen molar-refractivity contribution in [1.29, 1.82) is 0 Å². The van der Waals surface area contributed by atoms with Gasteiger partial charge in [0, 0.05) is 50.7 Å². The number of aromatic nitrogens is 2. The fourth-order valence-corrected chi connectivity index (χ4v) is 3.53. The normalized spacial score (nSPS) is 15.9. The lowest BCUT2D eigenvalue weighted by Gasteiger charge is -2.35. The smallest absolute Gasteiger partial charge is 0.274 e. The van der Waals surface area contributed by atoms with Gasteiger partial charge < -0.3 is 14.4 Å². The zero-order valence-electron chi connectivity index (χ0n) is 15.4. The average molecular weight is 396 g/mol. The molecule has 0 aliphatic carbocycles. The molecule has 3 N–H and O–H groups in total. The number of piperazine rings is 1. The summed E-state index contributed by atoms with van der Waals surface area (Å²) in [4.78, 5) is 13.2. The van der Waals surface area contributed by atoms with Gasteiger partial charge in [-0.15, -0.1) is 0 Å². The lowest BCUT2D eigenvalue weighted by molar-refractivity contribution is 0.262. The van der Waals surface area contributed by atoms with Crippen LogP contribution in [0.2, 0.25) is 0 Å². The highest BCUT2D eigenvalue weighted by Gasteiger charge is 2.21. The van der Waals surface area contributed by atoms with Gasteiger partial charge in [-0.1, -0.05) is 0 Å². The summed E-state index contributed by atoms with van der Waals surface area (Å²) in [7, 11) is -0.450. The maximum Gasteiger partial charge on any atom is 0.274 e. The molecule has 1 fully saturated rings. The zero-order valence-corrected chi connectivity index (χ0v) is 16.2. The highest BCUT2D eigenvalue weighted by atomic mass is 32.2. The van der Waals surface area contributed by atoms with Crippen molar-refractivity contribution < 1.29 is 17.9 Å². The van der Waals surface area contributed by atoms with E-state index in [4.69, 9.17) is 14.6 Å². The second kappa shape index (κ2) is 8.21. The number of fused-ring (bicyclic) bond motifs is 1. The standard InChI is InChI=1S/C16H24N6O4S/c1-25-14-9-12-13(10-15(14)26-2)18-11-19-16(12)22-7-5-21(6-8-22)4-3-20-27(17,23)24/h9-11,20H,3-8H2,1-2H3,(H2,17,23,24). The number of rotatable bonds is 7. The summed E-state index contributed by atoms with van der Waals surface area (Å²) in [6.45, 7) is 4.05. The largest absolute Gasteiger partial charge is 0.493 e. The zero-order chi connectivity index (χ0) is 19.4. The number of benzene rings is 1. The van der Waals surface area contributed by atoms with E-state index < -0.39 is 10.2 Å². The minimum absolute atomic E-state index is 0.298. The number of anilines is 1. The molecule has 0 spiro atoms. The second-order valence-corrected chi connectivity index (χ2v) is 7.57. The molecule has 1 aliphatic rings. The molecule has 1 aromatic heterocycles. The van der Waals surface area contributed by atoms with Crippen molar-refractivity contribution in [3.8, 4) is 11.5 Å². The Bertz CT molecular complexity index is 899. The van der Waals surface area contributed by atoms with E-state index in [0.29, 0.717) is 24.6 Å². The number of ether oxygens (including phenoxy) is 2. The lowest BCUT2D eigenvalue weighted by Crippen LogP contribution is -2.49. The van der Waals surface area contributed by atoms with Gasteiger partial charge in [-0.2, -0.15) is 8.42 Å². The summed E-state index contributed by atoms with van der Waals surface area (Å²) >= 11 is 0. The Hall–Kier alpha value is -2.21. The molecule has 0 atom stereocenters. The van der Waals surface area contributed by atoms with E-state index in [1.165, 1.54) is 0 Å². The van der Waals surface area contributed by atoms with E-state index in [1.807, 2.05) is 12.1 Å². The molecule has 0 amide bonds. The second-order valence-electron chi connectivity index (χ2n) is 6.19. The van der Waals surface area contributed by atoms with Gasteiger partial charge in [-0.25, -0.2) is 19.8 Å². The Morgan fingerprint density at radius 3 is 2.41 bits per heavy atom. The van der Waals surface area contributed by atoms with Gasteiger partial charge in [-0.05, 0) is 6.07 Å². The third kappa shape index (κ3) is 4.75. The summed E-state index contributed by atoms with van der Waals surface area (Å²) in [5, 5.41) is 5.85. The van der Waals surface area contributed by atoms with Crippen LogP contribution in [0.5, 0.6) is 11.5 Å². The molecule has 0 radical (unpaired) electrons. The van der Waals surface area contributed by atoms with Gasteiger partial charge in [0.1, 0.15) is 12.1 Å². The Balaban J connectivity index is 1.71. The van der Waals surface area contributed by atoms with Gasteiger partial charge in [-0.3, -0.25) is 4.90 Å². The minimum Gasteiger partial charge on any atom is -0.493 e. The highest BCUT2D eigenvalue weighted by Crippen LogP contribution is 2.34. The maximum absolute atomic E-state index is 10.9. The number of hydrogen-bond donors (Lipinski definition) is 2. The number of nitrogens with two attached hydrogens (primary N) is 1. The molecule has 1 aromatic carbocycles. The van der Waals surface area contributed by atoms with Gasteiger partial charge >= 0.3 is 0 Å². The van der Waals surface area contributed by atoms with E-state index in [1.54, 1.807) is 20.5 Å². The van der Waals surface area contributed by atoms with Crippen LogP contribution in [-0.4, -0.2) is 76.8 Å². The van der Waals surface area contributed by atoms with Crippen LogP contribution >= 0.6 is 0 Å². The first-order chi connectivity index (χ1) is 12.9. The Morgan fingerprint density at radius 2 is 1.78 bits per heavy atom. The van der Waals surface area contributed by atoms with Gasteiger partial charge in [0.15, 0.2) is 11.5 Å². The lowest BCUT2D eigenvalue weighted by atomic mass is 10.2. The molecule has 2 heterocycles. The van der Waals surface area contributed by atoms with Gasteiger partial charge in [0.25, 0.3) is 10.2 Å². The van der Waals surface area contributed by atoms with Crippen molar-refractivity contribution in [3.05, 3.63) is 18.5 Å². The van der Waals surface area contributed by atoms with Crippen LogP contribution in [0.3, 0.4) is 0 Å². The van der Waals surface area contributed by atoms with Crippen LogP contribution in [0, 0.1) is 0 Å². The van der Waals surface area contributed by atoms with Crippen molar-refractivity contribution in [3.63, 3.8) is 0 Å². The molecule has 10 nitrogen and oxygen atoms in total. The highest BCUT2D eigenvalue weighted by molar-refractivity contribution is 7.87. The van der Waals surface area contributed by atoms with Crippen molar-refractivity contribution in [2.75, 3.05) is 58.4 Å².